The number of nitrogens with zero attached hydrogens (tertiary/aromatic N) is 1. The van der Waals surface area contributed by atoms with E-state index in [4.69, 9.17) is 16.0 Å². The van der Waals surface area contributed by atoms with Crippen LogP contribution in [0.25, 0.3) is 0 Å². The van der Waals surface area contributed by atoms with E-state index in [9.17, 15) is 4.79 Å². The Morgan fingerprint density at radius 2 is 2.17 bits per heavy atom. The summed E-state index contributed by atoms with van der Waals surface area (Å²) in [5.74, 6) is -0.0729. The van der Waals surface area contributed by atoms with Crippen LogP contribution in [0.3, 0.4) is 0 Å². The molecular formula is C14H14ClNO2. The van der Waals surface area contributed by atoms with Crippen LogP contribution in [0.2, 0.25) is 5.02 Å². The van der Waals surface area contributed by atoms with Crippen molar-refractivity contribution in [3.8, 4) is 0 Å². The first-order chi connectivity index (χ1) is 8.59. The van der Waals surface area contributed by atoms with E-state index in [2.05, 4.69) is 0 Å². The minimum atomic E-state index is -0.0729. The lowest BCUT2D eigenvalue weighted by Crippen LogP contribution is -2.29. The Labute approximate surface area is 111 Å². The first-order valence-electron chi connectivity index (χ1n) is 5.64. The molecule has 0 aliphatic heterocycles. The van der Waals surface area contributed by atoms with Crippen molar-refractivity contribution in [3.05, 3.63) is 59.0 Å². The average Bonchev–Trinajstić information content (AvgIpc) is 2.90. The van der Waals surface area contributed by atoms with Crippen molar-refractivity contribution in [1.29, 1.82) is 0 Å². The molecule has 0 spiro atoms. The molecule has 1 unspecified atom stereocenters. The van der Waals surface area contributed by atoms with Crippen LogP contribution in [0.15, 0.2) is 47.3 Å². The fourth-order valence-corrected chi connectivity index (χ4v) is 1.95. The van der Waals surface area contributed by atoms with E-state index < -0.39 is 0 Å². The highest BCUT2D eigenvalue weighted by atomic mass is 35.5. The minimum absolute atomic E-state index is 0.0499. The third-order valence-corrected chi connectivity index (χ3v) is 3.24. The molecule has 0 bridgehead atoms. The van der Waals surface area contributed by atoms with Crippen LogP contribution in [0, 0.1) is 0 Å². The zero-order valence-corrected chi connectivity index (χ0v) is 11.0. The summed E-state index contributed by atoms with van der Waals surface area (Å²) in [4.78, 5) is 13.8. The van der Waals surface area contributed by atoms with Crippen molar-refractivity contribution in [2.45, 2.75) is 13.0 Å². The van der Waals surface area contributed by atoms with Crippen molar-refractivity contribution >= 4 is 17.5 Å². The molecule has 0 aliphatic carbocycles. The molecule has 0 fully saturated rings. The zero-order chi connectivity index (χ0) is 13.1. The van der Waals surface area contributed by atoms with Crippen molar-refractivity contribution in [2.24, 2.45) is 0 Å². The molecule has 94 valence electrons. The molecule has 0 aliphatic rings. The van der Waals surface area contributed by atoms with Crippen LogP contribution >= 0.6 is 11.6 Å². The third-order valence-electron chi connectivity index (χ3n) is 3.00. The van der Waals surface area contributed by atoms with Gasteiger partial charge in [-0.3, -0.25) is 4.79 Å². The Morgan fingerprint density at radius 3 is 2.78 bits per heavy atom. The van der Waals surface area contributed by atoms with Crippen LogP contribution in [0.5, 0.6) is 0 Å². The Bertz CT molecular complexity index is 536. The zero-order valence-electron chi connectivity index (χ0n) is 10.3. The van der Waals surface area contributed by atoms with E-state index >= 15 is 0 Å². The van der Waals surface area contributed by atoms with Crippen LogP contribution in [0.4, 0.5) is 0 Å². The van der Waals surface area contributed by atoms with E-state index in [1.54, 1.807) is 18.0 Å². The largest absolute Gasteiger partial charge is 0.472 e. The van der Waals surface area contributed by atoms with Gasteiger partial charge in [-0.25, -0.2) is 0 Å². The molecule has 1 aromatic carbocycles. The molecule has 0 N–H and O–H groups in total. The van der Waals surface area contributed by atoms with Gasteiger partial charge in [0.2, 0.25) is 0 Å². The molecule has 0 radical (unpaired) electrons. The Hall–Kier alpha value is -1.74. The van der Waals surface area contributed by atoms with Crippen LogP contribution in [-0.2, 0) is 0 Å². The highest BCUT2D eigenvalue weighted by molar-refractivity contribution is 6.30. The topological polar surface area (TPSA) is 33.5 Å². The molecule has 0 saturated carbocycles. The van der Waals surface area contributed by atoms with Gasteiger partial charge in [-0.2, -0.15) is 0 Å². The predicted octanol–water partition coefficient (Wildman–Crippen LogP) is 3.77. The normalized spacial score (nSPS) is 12.2. The summed E-state index contributed by atoms with van der Waals surface area (Å²) in [6.45, 7) is 1.96. The molecular weight excluding hydrogens is 250 g/mol. The quantitative estimate of drug-likeness (QED) is 0.845. The van der Waals surface area contributed by atoms with E-state index in [0.29, 0.717) is 10.6 Å². The number of hydrogen-bond acceptors (Lipinski definition) is 2. The fourth-order valence-electron chi connectivity index (χ4n) is 1.76. The van der Waals surface area contributed by atoms with E-state index in [-0.39, 0.29) is 11.9 Å². The number of halogens is 1. The SMILES string of the molecule is CC(c1cccc(Cl)c1)N(C)C(=O)c1ccoc1. The molecule has 1 aromatic heterocycles. The average molecular weight is 264 g/mol. The highest BCUT2D eigenvalue weighted by Crippen LogP contribution is 2.23. The standard InChI is InChI=1S/C14H14ClNO2/c1-10(11-4-3-5-13(15)8-11)16(2)14(17)12-6-7-18-9-12/h3-10H,1-2H3. The van der Waals surface area contributed by atoms with Crippen molar-refractivity contribution in [1.82, 2.24) is 4.90 Å². The van der Waals surface area contributed by atoms with Crippen molar-refractivity contribution < 1.29 is 9.21 Å². The molecule has 1 amide bonds. The van der Waals surface area contributed by atoms with Gasteiger partial charge in [0.05, 0.1) is 17.9 Å². The number of rotatable bonds is 3. The number of amides is 1. The second-order valence-corrected chi connectivity index (χ2v) is 4.60. The fraction of sp³-hybridized carbons (Fsp3) is 0.214. The van der Waals surface area contributed by atoms with E-state index in [1.807, 2.05) is 31.2 Å². The number of carbonyl (C=O) groups excluding carboxylic acids is 1. The van der Waals surface area contributed by atoms with Crippen LogP contribution < -0.4 is 0 Å². The molecule has 0 saturated heterocycles. The number of hydrogen-bond donors (Lipinski definition) is 0. The number of carbonyl (C=O) groups is 1. The summed E-state index contributed by atoms with van der Waals surface area (Å²) >= 11 is 5.95. The van der Waals surface area contributed by atoms with Gasteiger partial charge in [0.15, 0.2) is 0 Å². The van der Waals surface area contributed by atoms with Gasteiger partial charge < -0.3 is 9.32 Å². The minimum Gasteiger partial charge on any atom is -0.472 e. The molecule has 18 heavy (non-hydrogen) atoms. The summed E-state index contributed by atoms with van der Waals surface area (Å²) in [5, 5.41) is 0.670. The lowest BCUT2D eigenvalue weighted by molar-refractivity contribution is 0.0742. The Morgan fingerprint density at radius 1 is 1.39 bits per heavy atom. The lowest BCUT2D eigenvalue weighted by atomic mass is 10.1. The smallest absolute Gasteiger partial charge is 0.257 e. The third kappa shape index (κ3) is 2.57. The summed E-state index contributed by atoms with van der Waals surface area (Å²) in [5.41, 5.74) is 1.55. The van der Waals surface area contributed by atoms with Crippen LogP contribution in [0.1, 0.15) is 28.9 Å². The first-order valence-corrected chi connectivity index (χ1v) is 6.02. The molecule has 3 nitrogen and oxygen atoms in total. The Kier molecular flexibility index (Phi) is 3.72. The maximum Gasteiger partial charge on any atom is 0.257 e. The van der Waals surface area contributed by atoms with Gasteiger partial charge in [0.25, 0.3) is 5.91 Å². The summed E-state index contributed by atoms with van der Waals surface area (Å²) in [6, 6.07) is 9.12. The molecule has 1 atom stereocenters. The molecule has 2 rings (SSSR count). The second kappa shape index (κ2) is 5.27. The maximum absolute atomic E-state index is 12.1. The number of benzene rings is 1. The van der Waals surface area contributed by atoms with Gasteiger partial charge in [0.1, 0.15) is 6.26 Å². The van der Waals surface area contributed by atoms with Gasteiger partial charge in [0, 0.05) is 12.1 Å². The van der Waals surface area contributed by atoms with Gasteiger partial charge in [-0.05, 0) is 30.7 Å². The van der Waals surface area contributed by atoms with Gasteiger partial charge in [-0.1, -0.05) is 23.7 Å². The Balaban J connectivity index is 2.18. The van der Waals surface area contributed by atoms with E-state index in [1.165, 1.54) is 12.5 Å². The summed E-state index contributed by atoms with van der Waals surface area (Å²) in [6.07, 6.45) is 2.94. The van der Waals surface area contributed by atoms with Crippen molar-refractivity contribution in [2.75, 3.05) is 7.05 Å². The first kappa shape index (κ1) is 12.7. The molecule has 1 heterocycles. The van der Waals surface area contributed by atoms with Crippen molar-refractivity contribution in [3.63, 3.8) is 0 Å². The van der Waals surface area contributed by atoms with Gasteiger partial charge in [-0.15, -0.1) is 0 Å². The van der Waals surface area contributed by atoms with E-state index in [0.717, 1.165) is 5.56 Å². The summed E-state index contributed by atoms with van der Waals surface area (Å²) in [7, 11) is 1.76. The van der Waals surface area contributed by atoms with Gasteiger partial charge >= 0.3 is 0 Å². The maximum atomic E-state index is 12.1. The van der Waals surface area contributed by atoms with Crippen LogP contribution in [-0.4, -0.2) is 17.9 Å². The lowest BCUT2D eigenvalue weighted by Gasteiger charge is -2.25. The monoisotopic (exact) mass is 263 g/mol. The molecule has 4 heteroatoms. The predicted molar refractivity (Wildman–Crippen MR) is 70.7 cm³/mol. The molecule has 2 aromatic rings. The second-order valence-electron chi connectivity index (χ2n) is 4.16. The highest BCUT2D eigenvalue weighted by Gasteiger charge is 2.19. The number of furan rings is 1. The summed E-state index contributed by atoms with van der Waals surface area (Å²) < 4.78 is 4.92.